The lowest BCUT2D eigenvalue weighted by molar-refractivity contribution is -0.118. The van der Waals surface area contributed by atoms with Gasteiger partial charge in [-0.15, -0.1) is 0 Å². The molecule has 0 spiro atoms. The van der Waals surface area contributed by atoms with Crippen LogP contribution in [0.15, 0.2) is 83.9 Å². The van der Waals surface area contributed by atoms with Gasteiger partial charge in [0.2, 0.25) is 15.9 Å². The van der Waals surface area contributed by atoms with E-state index < -0.39 is 27.9 Å². The number of primary sulfonamides is 1. The molecule has 34 heavy (non-hydrogen) atoms. The molecule has 0 aliphatic carbocycles. The van der Waals surface area contributed by atoms with E-state index in [1.165, 1.54) is 24.3 Å². The summed E-state index contributed by atoms with van der Waals surface area (Å²) in [4.78, 5) is 29.2. The first-order valence-corrected chi connectivity index (χ1v) is 12.2. The summed E-state index contributed by atoms with van der Waals surface area (Å²) >= 11 is 6.16. The maximum Gasteiger partial charge on any atom is 0.253 e. The fourth-order valence-corrected chi connectivity index (χ4v) is 4.37. The molecule has 0 fully saturated rings. The monoisotopic (exact) mass is 496 g/mol. The minimum Gasteiger partial charge on any atom is -0.361 e. The van der Waals surface area contributed by atoms with Crippen LogP contribution < -0.4 is 15.8 Å². The first-order chi connectivity index (χ1) is 16.2. The highest BCUT2D eigenvalue weighted by Crippen LogP contribution is 2.21. The van der Waals surface area contributed by atoms with Gasteiger partial charge in [0.05, 0.1) is 15.5 Å². The molecule has 0 aliphatic heterocycles. The van der Waals surface area contributed by atoms with Crippen molar-refractivity contribution in [3.05, 3.63) is 95.1 Å². The van der Waals surface area contributed by atoms with Crippen molar-refractivity contribution in [2.45, 2.75) is 17.4 Å². The van der Waals surface area contributed by atoms with Crippen LogP contribution in [0, 0.1) is 0 Å². The number of benzene rings is 3. The van der Waals surface area contributed by atoms with Gasteiger partial charge >= 0.3 is 0 Å². The number of hydrogen-bond acceptors (Lipinski definition) is 4. The SMILES string of the molecule is NS(=O)(=O)c1cccc(NC(=O)C(Cc2c[nH]c3ccccc23)NC(=O)c2ccccc2Cl)c1. The van der Waals surface area contributed by atoms with Gasteiger partial charge in [0, 0.05) is 29.2 Å². The largest absolute Gasteiger partial charge is 0.361 e. The molecule has 0 radical (unpaired) electrons. The van der Waals surface area contributed by atoms with Gasteiger partial charge in [0.1, 0.15) is 6.04 Å². The Morgan fingerprint density at radius 1 is 1.00 bits per heavy atom. The van der Waals surface area contributed by atoms with Gasteiger partial charge in [0.15, 0.2) is 0 Å². The molecule has 4 rings (SSSR count). The lowest BCUT2D eigenvalue weighted by atomic mass is 10.0. The first kappa shape index (κ1) is 23.5. The molecule has 4 aromatic rings. The Bertz CT molecular complexity index is 1480. The van der Waals surface area contributed by atoms with Gasteiger partial charge in [-0.05, 0) is 42.0 Å². The van der Waals surface area contributed by atoms with Crippen LogP contribution in [0.1, 0.15) is 15.9 Å². The molecule has 2 amide bonds. The van der Waals surface area contributed by atoms with Gasteiger partial charge in [0.25, 0.3) is 5.91 Å². The molecule has 1 aromatic heterocycles. The van der Waals surface area contributed by atoms with Crippen LogP contribution in [0.2, 0.25) is 5.02 Å². The maximum atomic E-state index is 13.2. The molecular formula is C24H21ClN4O4S. The molecule has 1 atom stereocenters. The van der Waals surface area contributed by atoms with Crippen molar-refractivity contribution in [3.63, 3.8) is 0 Å². The van der Waals surface area contributed by atoms with Gasteiger partial charge in [-0.3, -0.25) is 9.59 Å². The number of nitrogens with two attached hydrogens (primary N) is 1. The summed E-state index contributed by atoms with van der Waals surface area (Å²) in [5, 5.41) is 11.8. The van der Waals surface area contributed by atoms with Gasteiger partial charge in [-0.1, -0.05) is 48.0 Å². The van der Waals surface area contributed by atoms with Crippen molar-refractivity contribution in [3.8, 4) is 0 Å². The molecule has 5 N–H and O–H groups in total. The van der Waals surface area contributed by atoms with Crippen molar-refractivity contribution < 1.29 is 18.0 Å². The quantitative estimate of drug-likeness (QED) is 0.311. The van der Waals surface area contributed by atoms with E-state index in [0.717, 1.165) is 16.5 Å². The molecule has 3 aromatic carbocycles. The van der Waals surface area contributed by atoms with Crippen LogP contribution in [0.25, 0.3) is 10.9 Å². The van der Waals surface area contributed by atoms with Crippen molar-refractivity contribution >= 4 is 50.0 Å². The summed E-state index contributed by atoms with van der Waals surface area (Å²) in [5.41, 5.74) is 2.19. The number of aromatic amines is 1. The predicted octanol–water partition coefficient (Wildman–Crippen LogP) is 3.45. The number of nitrogens with one attached hydrogen (secondary N) is 3. The molecule has 174 valence electrons. The number of fused-ring (bicyclic) bond motifs is 1. The lowest BCUT2D eigenvalue weighted by Crippen LogP contribution is -2.45. The normalized spacial score (nSPS) is 12.3. The van der Waals surface area contributed by atoms with Crippen molar-refractivity contribution in [1.29, 1.82) is 0 Å². The smallest absolute Gasteiger partial charge is 0.253 e. The topological polar surface area (TPSA) is 134 Å². The maximum absolute atomic E-state index is 13.2. The van der Waals surface area contributed by atoms with E-state index in [9.17, 15) is 18.0 Å². The van der Waals surface area contributed by atoms with Gasteiger partial charge in [-0.2, -0.15) is 0 Å². The van der Waals surface area contributed by atoms with E-state index in [-0.39, 0.29) is 27.6 Å². The van der Waals surface area contributed by atoms with E-state index in [0.29, 0.717) is 0 Å². The fourth-order valence-electron chi connectivity index (χ4n) is 3.59. The molecule has 1 unspecified atom stereocenters. The number of rotatable bonds is 7. The van der Waals surface area contributed by atoms with E-state index in [1.54, 1.807) is 30.5 Å². The van der Waals surface area contributed by atoms with Crippen molar-refractivity contribution in [2.24, 2.45) is 5.14 Å². The number of amides is 2. The number of anilines is 1. The Labute approximate surface area is 201 Å². The Hall–Kier alpha value is -3.66. The predicted molar refractivity (Wildman–Crippen MR) is 131 cm³/mol. The molecule has 0 saturated heterocycles. The van der Waals surface area contributed by atoms with Crippen molar-refractivity contribution in [2.75, 3.05) is 5.32 Å². The zero-order valence-electron chi connectivity index (χ0n) is 17.8. The molecule has 8 nitrogen and oxygen atoms in total. The summed E-state index contributed by atoms with van der Waals surface area (Å²) in [6.07, 6.45) is 1.97. The zero-order valence-corrected chi connectivity index (χ0v) is 19.4. The fraction of sp³-hybridized carbons (Fsp3) is 0.0833. The second kappa shape index (κ2) is 9.68. The second-order valence-corrected chi connectivity index (χ2v) is 9.60. The third-order valence-electron chi connectivity index (χ3n) is 5.27. The third-order valence-corrected chi connectivity index (χ3v) is 6.51. The van der Waals surface area contributed by atoms with Gasteiger partial charge in [-0.25, -0.2) is 13.6 Å². The van der Waals surface area contributed by atoms with Gasteiger partial charge < -0.3 is 15.6 Å². The summed E-state index contributed by atoms with van der Waals surface area (Å²) < 4.78 is 23.3. The number of halogens is 1. The molecule has 10 heteroatoms. The van der Waals surface area contributed by atoms with Crippen LogP contribution in [-0.4, -0.2) is 31.3 Å². The molecule has 0 bridgehead atoms. The molecule has 0 aliphatic rings. The highest BCUT2D eigenvalue weighted by Gasteiger charge is 2.24. The van der Waals surface area contributed by atoms with Crippen LogP contribution in [0.5, 0.6) is 0 Å². The standard InChI is InChI=1S/C24H21ClN4O4S/c25-20-10-3-1-9-19(20)23(30)29-22(12-15-14-27-21-11-4-2-8-18(15)21)24(31)28-16-6-5-7-17(13-16)34(26,32)33/h1-11,13-14,22,27H,12H2,(H,28,31)(H,29,30)(H2,26,32,33). The highest BCUT2D eigenvalue weighted by molar-refractivity contribution is 7.89. The molecular weight excluding hydrogens is 476 g/mol. The number of sulfonamides is 1. The van der Waals surface area contributed by atoms with Crippen LogP contribution in [0.3, 0.4) is 0 Å². The minimum absolute atomic E-state index is 0.140. The molecule has 1 heterocycles. The first-order valence-electron chi connectivity index (χ1n) is 10.3. The Morgan fingerprint density at radius 3 is 2.50 bits per heavy atom. The Balaban J connectivity index is 1.63. The lowest BCUT2D eigenvalue weighted by Gasteiger charge is -2.19. The average Bonchev–Trinajstić information content (AvgIpc) is 3.21. The average molecular weight is 497 g/mol. The number of aromatic nitrogens is 1. The highest BCUT2D eigenvalue weighted by atomic mass is 35.5. The Morgan fingerprint density at radius 2 is 1.74 bits per heavy atom. The van der Waals surface area contributed by atoms with Crippen LogP contribution in [0.4, 0.5) is 5.69 Å². The number of para-hydroxylation sites is 1. The van der Waals surface area contributed by atoms with E-state index in [2.05, 4.69) is 15.6 Å². The summed E-state index contributed by atoms with van der Waals surface area (Å²) in [6, 6.07) is 18.7. The van der Waals surface area contributed by atoms with Crippen molar-refractivity contribution in [1.82, 2.24) is 10.3 Å². The van der Waals surface area contributed by atoms with E-state index in [1.807, 2.05) is 24.3 Å². The zero-order chi connectivity index (χ0) is 24.3. The van der Waals surface area contributed by atoms with E-state index in [4.69, 9.17) is 16.7 Å². The minimum atomic E-state index is -3.95. The number of H-pyrrole nitrogens is 1. The Kier molecular flexibility index (Phi) is 6.69. The summed E-state index contributed by atoms with van der Waals surface area (Å²) in [6.45, 7) is 0. The third kappa shape index (κ3) is 5.28. The van der Waals surface area contributed by atoms with Crippen LogP contribution in [-0.2, 0) is 21.2 Å². The van der Waals surface area contributed by atoms with Crippen LogP contribution >= 0.6 is 11.6 Å². The summed E-state index contributed by atoms with van der Waals surface area (Å²) in [7, 11) is -3.95. The number of carbonyl (C=O) groups is 2. The number of hydrogen-bond donors (Lipinski definition) is 4. The van der Waals surface area contributed by atoms with E-state index >= 15 is 0 Å². The molecule has 0 saturated carbocycles. The summed E-state index contributed by atoms with van der Waals surface area (Å²) in [5.74, 6) is -1.04. The second-order valence-electron chi connectivity index (χ2n) is 7.63. The number of carbonyl (C=O) groups excluding carboxylic acids is 2.